The van der Waals surface area contributed by atoms with Crippen LogP contribution in [0.1, 0.15) is 19.3 Å². The number of hydrogen-bond donors (Lipinski definition) is 1. The molecule has 0 atom stereocenters. The summed E-state index contributed by atoms with van der Waals surface area (Å²) in [5, 5.41) is 4.95. The van der Waals surface area contributed by atoms with Crippen LogP contribution in [0.25, 0.3) is 33.3 Å². The molecule has 0 unspecified atom stereocenters. The van der Waals surface area contributed by atoms with Gasteiger partial charge in [-0.15, -0.1) is 0 Å². The number of nitrogens with one attached hydrogen (secondary N) is 1. The van der Waals surface area contributed by atoms with Gasteiger partial charge in [0.25, 0.3) is 0 Å². The van der Waals surface area contributed by atoms with E-state index >= 15 is 0 Å². The summed E-state index contributed by atoms with van der Waals surface area (Å²) >= 11 is 6.34. The van der Waals surface area contributed by atoms with Crippen LogP contribution < -0.4 is 5.32 Å². The van der Waals surface area contributed by atoms with E-state index < -0.39 is 0 Å². The average Bonchev–Trinajstić information content (AvgIpc) is 2.71. The van der Waals surface area contributed by atoms with Crippen LogP contribution in [0.2, 0.25) is 5.15 Å². The number of rotatable bonds is 4. The summed E-state index contributed by atoms with van der Waals surface area (Å²) in [6.07, 6.45) is 5.56. The van der Waals surface area contributed by atoms with E-state index in [9.17, 15) is 0 Å². The van der Waals surface area contributed by atoms with Gasteiger partial charge in [0.2, 0.25) is 0 Å². The minimum Gasteiger partial charge on any atom is -0.382 e. The maximum absolute atomic E-state index is 6.34. The number of fused-ring (bicyclic) bond motifs is 1. The Balaban J connectivity index is 1.62. The zero-order chi connectivity index (χ0) is 18.9. The second-order valence-corrected chi connectivity index (χ2v) is 7.63. The highest BCUT2D eigenvalue weighted by molar-refractivity contribution is 6.34. The Hall–Kier alpha value is -2.91. The van der Waals surface area contributed by atoms with Crippen molar-refractivity contribution < 1.29 is 0 Å². The molecule has 1 fully saturated rings. The van der Waals surface area contributed by atoms with Crippen molar-refractivity contribution >= 4 is 28.2 Å². The van der Waals surface area contributed by atoms with Crippen molar-refractivity contribution in [1.82, 2.24) is 9.97 Å². The highest BCUT2D eigenvalue weighted by Gasteiger charge is 2.17. The molecule has 1 aliphatic rings. The third kappa shape index (κ3) is 3.23. The third-order valence-corrected chi connectivity index (χ3v) is 5.71. The molecular weight excluding hydrogens is 366 g/mol. The second kappa shape index (κ2) is 7.25. The molecule has 5 rings (SSSR count). The summed E-state index contributed by atoms with van der Waals surface area (Å²) in [6, 6.07) is 23.5. The predicted molar refractivity (Wildman–Crippen MR) is 117 cm³/mol. The standard InChI is InChI=1S/C24H20ClN3/c25-24-21-15-20(16-5-2-1-3-6-16)23(28-22(21)13-14-26-24)17-9-11-19(12-10-17)27-18-7-4-8-18/h1-3,5-6,9-15,18,27H,4,7-8H2. The van der Waals surface area contributed by atoms with Gasteiger partial charge >= 0.3 is 0 Å². The van der Waals surface area contributed by atoms with Gasteiger partial charge in [0, 0.05) is 34.4 Å². The molecule has 4 heteroatoms. The van der Waals surface area contributed by atoms with Crippen LogP contribution in [-0.2, 0) is 0 Å². The van der Waals surface area contributed by atoms with Crippen molar-refractivity contribution in [3.05, 3.63) is 78.1 Å². The third-order valence-electron chi connectivity index (χ3n) is 5.41. The smallest absolute Gasteiger partial charge is 0.138 e. The zero-order valence-corrected chi connectivity index (χ0v) is 16.2. The number of anilines is 1. The Morgan fingerprint density at radius 2 is 1.68 bits per heavy atom. The fraction of sp³-hybridized carbons (Fsp3) is 0.167. The lowest BCUT2D eigenvalue weighted by Gasteiger charge is -2.27. The summed E-state index contributed by atoms with van der Waals surface area (Å²) in [4.78, 5) is 9.17. The van der Waals surface area contributed by atoms with E-state index in [0.717, 1.165) is 33.3 Å². The lowest BCUT2D eigenvalue weighted by atomic mass is 9.93. The van der Waals surface area contributed by atoms with Crippen LogP contribution in [-0.4, -0.2) is 16.0 Å². The first-order valence-corrected chi connectivity index (χ1v) is 10.0. The molecule has 1 aliphatic carbocycles. The summed E-state index contributed by atoms with van der Waals surface area (Å²) in [6.45, 7) is 0. The molecule has 0 saturated heterocycles. The minimum absolute atomic E-state index is 0.480. The van der Waals surface area contributed by atoms with Crippen LogP contribution >= 0.6 is 11.6 Å². The van der Waals surface area contributed by atoms with Gasteiger partial charge in [-0.2, -0.15) is 0 Å². The average molecular weight is 386 g/mol. The Morgan fingerprint density at radius 3 is 2.39 bits per heavy atom. The van der Waals surface area contributed by atoms with Crippen molar-refractivity contribution in [3.63, 3.8) is 0 Å². The topological polar surface area (TPSA) is 37.8 Å². The molecule has 28 heavy (non-hydrogen) atoms. The number of aromatic nitrogens is 2. The van der Waals surface area contributed by atoms with E-state index in [-0.39, 0.29) is 0 Å². The molecule has 0 spiro atoms. The molecule has 3 nitrogen and oxygen atoms in total. The van der Waals surface area contributed by atoms with Crippen LogP contribution in [0.15, 0.2) is 72.9 Å². The van der Waals surface area contributed by atoms with E-state index in [2.05, 4.69) is 52.8 Å². The zero-order valence-electron chi connectivity index (χ0n) is 15.4. The maximum atomic E-state index is 6.34. The van der Waals surface area contributed by atoms with E-state index in [1.807, 2.05) is 24.3 Å². The van der Waals surface area contributed by atoms with E-state index in [0.29, 0.717) is 11.2 Å². The van der Waals surface area contributed by atoms with Crippen molar-refractivity contribution in [1.29, 1.82) is 0 Å². The SMILES string of the molecule is Clc1nccc2nc(-c3ccc(NC4CCC4)cc3)c(-c3ccccc3)cc12. The van der Waals surface area contributed by atoms with Crippen LogP contribution in [0.5, 0.6) is 0 Å². The van der Waals surface area contributed by atoms with Gasteiger partial charge in [-0.25, -0.2) is 9.97 Å². The molecule has 2 aromatic carbocycles. The summed E-state index contributed by atoms with van der Waals surface area (Å²) in [5.41, 5.74) is 6.24. The first kappa shape index (κ1) is 17.2. The number of nitrogens with zero attached hydrogens (tertiary/aromatic N) is 2. The monoisotopic (exact) mass is 385 g/mol. The second-order valence-electron chi connectivity index (χ2n) is 7.27. The van der Waals surface area contributed by atoms with Crippen molar-refractivity contribution in [2.75, 3.05) is 5.32 Å². The van der Waals surface area contributed by atoms with E-state index in [1.54, 1.807) is 6.20 Å². The van der Waals surface area contributed by atoms with Crippen LogP contribution in [0.3, 0.4) is 0 Å². The fourth-order valence-electron chi connectivity index (χ4n) is 3.63. The lowest BCUT2D eigenvalue weighted by Crippen LogP contribution is -2.26. The summed E-state index contributed by atoms with van der Waals surface area (Å²) in [7, 11) is 0. The molecule has 138 valence electrons. The first-order valence-electron chi connectivity index (χ1n) is 9.65. The fourth-order valence-corrected chi connectivity index (χ4v) is 3.84. The Morgan fingerprint density at radius 1 is 0.893 bits per heavy atom. The number of pyridine rings is 2. The number of halogens is 1. The largest absolute Gasteiger partial charge is 0.382 e. The van der Waals surface area contributed by atoms with E-state index in [1.165, 1.54) is 24.9 Å². The Bertz CT molecular complexity index is 1120. The van der Waals surface area contributed by atoms with Crippen molar-refractivity contribution in [2.45, 2.75) is 25.3 Å². The van der Waals surface area contributed by atoms with Crippen LogP contribution in [0.4, 0.5) is 5.69 Å². The number of benzene rings is 2. The van der Waals surface area contributed by atoms with Crippen LogP contribution in [0, 0.1) is 0 Å². The van der Waals surface area contributed by atoms with Crippen molar-refractivity contribution in [2.24, 2.45) is 0 Å². The highest BCUT2D eigenvalue weighted by atomic mass is 35.5. The van der Waals surface area contributed by atoms with Gasteiger partial charge in [0.05, 0.1) is 11.2 Å². The predicted octanol–water partition coefficient (Wildman–Crippen LogP) is 6.58. The molecular formula is C24H20ClN3. The first-order chi connectivity index (χ1) is 13.8. The van der Waals surface area contributed by atoms with Gasteiger partial charge in [-0.05, 0) is 49.1 Å². The van der Waals surface area contributed by atoms with Gasteiger partial charge < -0.3 is 5.32 Å². The highest BCUT2D eigenvalue weighted by Crippen LogP contribution is 2.35. The molecule has 2 aromatic heterocycles. The number of hydrogen-bond acceptors (Lipinski definition) is 3. The van der Waals surface area contributed by atoms with Gasteiger partial charge in [0.15, 0.2) is 0 Å². The molecule has 2 heterocycles. The molecule has 0 amide bonds. The normalized spacial score (nSPS) is 14.0. The van der Waals surface area contributed by atoms with Gasteiger partial charge in [-0.3, -0.25) is 0 Å². The molecule has 0 bridgehead atoms. The maximum Gasteiger partial charge on any atom is 0.138 e. The Labute approximate surface area is 169 Å². The van der Waals surface area contributed by atoms with Gasteiger partial charge in [-0.1, -0.05) is 54.1 Å². The summed E-state index contributed by atoms with van der Waals surface area (Å²) in [5.74, 6) is 0. The quantitative estimate of drug-likeness (QED) is 0.403. The summed E-state index contributed by atoms with van der Waals surface area (Å²) < 4.78 is 0. The minimum atomic E-state index is 0.480. The van der Waals surface area contributed by atoms with Crippen molar-refractivity contribution in [3.8, 4) is 22.4 Å². The molecule has 4 aromatic rings. The molecule has 0 aliphatic heterocycles. The molecule has 1 N–H and O–H groups in total. The lowest BCUT2D eigenvalue weighted by molar-refractivity contribution is 0.445. The molecule has 1 saturated carbocycles. The Kier molecular flexibility index (Phi) is 4.46. The van der Waals surface area contributed by atoms with Gasteiger partial charge in [0.1, 0.15) is 5.15 Å². The molecule has 0 radical (unpaired) electrons. The van der Waals surface area contributed by atoms with E-state index in [4.69, 9.17) is 16.6 Å².